The van der Waals surface area contributed by atoms with Crippen LogP contribution in [0.2, 0.25) is 0 Å². The molecular weight excluding hydrogens is 456 g/mol. The summed E-state index contributed by atoms with van der Waals surface area (Å²) in [7, 11) is 0. The Labute approximate surface area is 187 Å². The number of benzene rings is 2. The standard InChI is InChI=1S/C24H19BrN4O2/c1-24(2,3)23-28-20-10-8-17(25)12-19(20)22(30)29(23)27-14-18-9-11-21(31-18)16-6-4-15(13-26)5-7-16/h4-12,14H,1-3H3. The topological polar surface area (TPSA) is 84.2 Å². The van der Waals surface area contributed by atoms with E-state index in [1.54, 1.807) is 24.3 Å². The minimum Gasteiger partial charge on any atom is -0.455 e. The van der Waals surface area contributed by atoms with Gasteiger partial charge in [-0.2, -0.15) is 15.0 Å². The summed E-state index contributed by atoms with van der Waals surface area (Å²) in [4.78, 5) is 17.9. The summed E-state index contributed by atoms with van der Waals surface area (Å²) in [5.74, 6) is 1.71. The molecule has 0 aliphatic carbocycles. The molecule has 0 radical (unpaired) electrons. The van der Waals surface area contributed by atoms with E-state index >= 15 is 0 Å². The summed E-state index contributed by atoms with van der Waals surface area (Å²) < 4.78 is 8.00. The van der Waals surface area contributed by atoms with Gasteiger partial charge in [0.15, 0.2) is 0 Å². The monoisotopic (exact) mass is 474 g/mol. The number of nitrogens with zero attached hydrogens (tertiary/aromatic N) is 4. The molecule has 4 aromatic rings. The van der Waals surface area contributed by atoms with Gasteiger partial charge in [0.2, 0.25) is 0 Å². The molecule has 0 aliphatic rings. The smallest absolute Gasteiger partial charge is 0.282 e. The first kappa shape index (κ1) is 20.8. The van der Waals surface area contributed by atoms with E-state index < -0.39 is 5.41 Å². The number of hydrogen-bond acceptors (Lipinski definition) is 5. The molecule has 0 saturated carbocycles. The van der Waals surface area contributed by atoms with Gasteiger partial charge in [-0.05, 0) is 54.6 Å². The van der Waals surface area contributed by atoms with Gasteiger partial charge < -0.3 is 4.42 Å². The average Bonchev–Trinajstić information content (AvgIpc) is 3.21. The van der Waals surface area contributed by atoms with E-state index in [-0.39, 0.29) is 5.56 Å². The Morgan fingerprint density at radius 3 is 2.55 bits per heavy atom. The molecule has 2 heterocycles. The van der Waals surface area contributed by atoms with Crippen LogP contribution in [0.25, 0.3) is 22.2 Å². The predicted molar refractivity (Wildman–Crippen MR) is 124 cm³/mol. The van der Waals surface area contributed by atoms with Crippen molar-refractivity contribution in [3.05, 3.63) is 86.6 Å². The number of halogens is 1. The SMILES string of the molecule is CC(C)(C)c1nc2ccc(Br)cc2c(=O)n1N=Cc1ccc(-c2ccc(C#N)cc2)o1. The maximum absolute atomic E-state index is 13.2. The summed E-state index contributed by atoms with van der Waals surface area (Å²) in [6.45, 7) is 5.96. The van der Waals surface area contributed by atoms with Crippen molar-refractivity contribution in [3.8, 4) is 17.4 Å². The van der Waals surface area contributed by atoms with Crippen LogP contribution in [-0.2, 0) is 5.41 Å². The van der Waals surface area contributed by atoms with Crippen LogP contribution < -0.4 is 5.56 Å². The molecule has 0 saturated heterocycles. The first-order chi connectivity index (χ1) is 14.8. The van der Waals surface area contributed by atoms with Gasteiger partial charge in [-0.3, -0.25) is 4.79 Å². The van der Waals surface area contributed by atoms with Crippen molar-refractivity contribution >= 4 is 33.0 Å². The van der Waals surface area contributed by atoms with Crippen molar-refractivity contribution in [1.29, 1.82) is 5.26 Å². The number of nitriles is 1. The lowest BCUT2D eigenvalue weighted by molar-refractivity contribution is 0.505. The first-order valence-corrected chi connectivity index (χ1v) is 10.4. The number of hydrogen-bond donors (Lipinski definition) is 0. The lowest BCUT2D eigenvalue weighted by atomic mass is 9.95. The number of rotatable bonds is 3. The largest absolute Gasteiger partial charge is 0.455 e. The van der Waals surface area contributed by atoms with E-state index in [1.807, 2.05) is 51.1 Å². The average molecular weight is 475 g/mol. The molecule has 0 N–H and O–H groups in total. The Bertz CT molecular complexity index is 1400. The Balaban J connectivity index is 1.76. The highest BCUT2D eigenvalue weighted by molar-refractivity contribution is 9.10. The molecule has 0 unspecified atom stereocenters. The van der Waals surface area contributed by atoms with E-state index in [1.165, 1.54) is 10.9 Å². The number of fused-ring (bicyclic) bond motifs is 1. The van der Waals surface area contributed by atoms with Gasteiger partial charge in [-0.15, -0.1) is 0 Å². The summed E-state index contributed by atoms with van der Waals surface area (Å²) >= 11 is 3.41. The molecule has 0 spiro atoms. The molecule has 0 aliphatic heterocycles. The number of aromatic nitrogens is 2. The van der Waals surface area contributed by atoms with Crippen LogP contribution in [0, 0.1) is 11.3 Å². The van der Waals surface area contributed by atoms with Gasteiger partial charge in [0, 0.05) is 15.5 Å². The van der Waals surface area contributed by atoms with Gasteiger partial charge >= 0.3 is 0 Å². The van der Waals surface area contributed by atoms with Gasteiger partial charge in [0.25, 0.3) is 5.56 Å². The first-order valence-electron chi connectivity index (χ1n) is 9.64. The summed E-state index contributed by atoms with van der Waals surface area (Å²) in [5, 5.41) is 13.8. The van der Waals surface area contributed by atoms with Crippen LogP contribution >= 0.6 is 15.9 Å². The zero-order valence-electron chi connectivity index (χ0n) is 17.3. The van der Waals surface area contributed by atoms with Crippen molar-refractivity contribution in [3.63, 3.8) is 0 Å². The van der Waals surface area contributed by atoms with E-state index in [0.29, 0.717) is 33.8 Å². The molecule has 7 heteroatoms. The Morgan fingerprint density at radius 2 is 1.87 bits per heavy atom. The molecule has 4 rings (SSSR count). The van der Waals surface area contributed by atoms with E-state index in [0.717, 1.165) is 10.0 Å². The highest BCUT2D eigenvalue weighted by Gasteiger charge is 2.23. The van der Waals surface area contributed by atoms with Crippen molar-refractivity contribution in [2.75, 3.05) is 0 Å². The highest BCUT2D eigenvalue weighted by Crippen LogP contribution is 2.24. The van der Waals surface area contributed by atoms with Crippen molar-refractivity contribution in [2.24, 2.45) is 5.10 Å². The maximum Gasteiger partial charge on any atom is 0.282 e. The van der Waals surface area contributed by atoms with Gasteiger partial charge in [0.1, 0.15) is 17.3 Å². The minimum atomic E-state index is -0.394. The molecule has 0 amide bonds. The zero-order chi connectivity index (χ0) is 22.2. The van der Waals surface area contributed by atoms with Crippen LogP contribution in [0.1, 0.15) is 37.9 Å². The highest BCUT2D eigenvalue weighted by atomic mass is 79.9. The summed E-state index contributed by atoms with van der Waals surface area (Å²) in [6.07, 6.45) is 1.51. The van der Waals surface area contributed by atoms with Crippen molar-refractivity contribution in [1.82, 2.24) is 9.66 Å². The van der Waals surface area contributed by atoms with Crippen LogP contribution in [-0.4, -0.2) is 15.9 Å². The van der Waals surface area contributed by atoms with Crippen molar-refractivity contribution in [2.45, 2.75) is 26.2 Å². The second kappa shape index (κ2) is 7.97. The third kappa shape index (κ3) is 4.21. The van der Waals surface area contributed by atoms with Gasteiger partial charge in [0.05, 0.1) is 28.8 Å². The van der Waals surface area contributed by atoms with Gasteiger partial charge in [-0.25, -0.2) is 4.98 Å². The molecule has 2 aromatic heterocycles. The van der Waals surface area contributed by atoms with E-state index in [9.17, 15) is 4.79 Å². The lowest BCUT2D eigenvalue weighted by Gasteiger charge is -2.20. The van der Waals surface area contributed by atoms with Crippen molar-refractivity contribution < 1.29 is 4.42 Å². The molecular formula is C24H19BrN4O2. The quantitative estimate of drug-likeness (QED) is 0.368. The summed E-state index contributed by atoms with van der Waals surface area (Å²) in [6, 6.07) is 18.3. The fourth-order valence-corrected chi connectivity index (χ4v) is 3.50. The maximum atomic E-state index is 13.2. The predicted octanol–water partition coefficient (Wildman–Crippen LogP) is 5.47. The fraction of sp³-hybridized carbons (Fsp3) is 0.167. The third-order valence-electron chi connectivity index (χ3n) is 4.70. The molecule has 0 atom stereocenters. The van der Waals surface area contributed by atoms with Crippen LogP contribution in [0.15, 0.2) is 73.4 Å². The second-order valence-electron chi connectivity index (χ2n) is 8.10. The normalized spacial score (nSPS) is 11.8. The number of furan rings is 1. The van der Waals surface area contributed by atoms with Crippen LogP contribution in [0.4, 0.5) is 0 Å². The molecule has 154 valence electrons. The lowest BCUT2D eigenvalue weighted by Crippen LogP contribution is -2.29. The van der Waals surface area contributed by atoms with E-state index in [4.69, 9.17) is 14.7 Å². The Hall–Kier alpha value is -3.50. The molecule has 0 fully saturated rings. The summed E-state index contributed by atoms with van der Waals surface area (Å²) in [5.41, 5.74) is 1.43. The molecule has 0 bridgehead atoms. The zero-order valence-corrected chi connectivity index (χ0v) is 18.8. The van der Waals surface area contributed by atoms with Crippen LogP contribution in [0.3, 0.4) is 0 Å². The Kier molecular flexibility index (Phi) is 5.34. The van der Waals surface area contributed by atoms with E-state index in [2.05, 4.69) is 27.1 Å². The Morgan fingerprint density at radius 1 is 1.13 bits per heavy atom. The van der Waals surface area contributed by atoms with Gasteiger partial charge in [-0.1, -0.05) is 36.7 Å². The molecule has 2 aromatic carbocycles. The van der Waals surface area contributed by atoms with Crippen LogP contribution in [0.5, 0.6) is 0 Å². The molecule has 6 nitrogen and oxygen atoms in total. The minimum absolute atomic E-state index is 0.244. The fourth-order valence-electron chi connectivity index (χ4n) is 3.14. The molecule has 31 heavy (non-hydrogen) atoms. The second-order valence-corrected chi connectivity index (χ2v) is 9.02. The third-order valence-corrected chi connectivity index (χ3v) is 5.20.